The molecule has 2 aromatic carbocycles. The van der Waals surface area contributed by atoms with Gasteiger partial charge in [-0.25, -0.2) is 4.79 Å². The topological polar surface area (TPSA) is 131 Å². The van der Waals surface area contributed by atoms with Crippen molar-refractivity contribution in [3.05, 3.63) is 65.2 Å². The standard InChI is InChI=1S/C26H29N3O7/c1-16(2)14-35-25(33)18-8-10-20(11-9-18)27-22(30)15-36-26(34)19-12-23(31)29(13-19)28-24(32)21-7-5-4-6-17(21)3/h4-11,16,19H,12-15H2,1-3H3,(H,27,30)(H,28,32)/t19-/m0/s1. The highest BCUT2D eigenvalue weighted by Crippen LogP contribution is 2.18. The van der Waals surface area contributed by atoms with Gasteiger partial charge in [-0.3, -0.25) is 29.6 Å². The maximum atomic E-state index is 12.5. The van der Waals surface area contributed by atoms with Gasteiger partial charge in [-0.05, 0) is 48.7 Å². The minimum atomic E-state index is -0.807. The zero-order valence-electron chi connectivity index (χ0n) is 20.4. The second-order valence-corrected chi connectivity index (χ2v) is 8.89. The van der Waals surface area contributed by atoms with Crippen LogP contribution in [-0.2, 0) is 23.9 Å². The van der Waals surface area contributed by atoms with E-state index >= 15 is 0 Å². The van der Waals surface area contributed by atoms with Crippen molar-refractivity contribution in [1.29, 1.82) is 0 Å². The molecule has 36 heavy (non-hydrogen) atoms. The summed E-state index contributed by atoms with van der Waals surface area (Å²) in [6.45, 7) is 5.37. The average Bonchev–Trinajstić information content (AvgIpc) is 3.21. The summed E-state index contributed by atoms with van der Waals surface area (Å²) in [5.74, 6) is -3.20. The number of ether oxygens (including phenoxy) is 2. The Hall–Kier alpha value is -4.21. The van der Waals surface area contributed by atoms with Gasteiger partial charge in [0.15, 0.2) is 6.61 Å². The third-order valence-electron chi connectivity index (χ3n) is 5.38. The Kier molecular flexibility index (Phi) is 8.77. The normalized spacial score (nSPS) is 14.9. The Balaban J connectivity index is 1.44. The molecule has 1 saturated heterocycles. The van der Waals surface area contributed by atoms with Crippen molar-refractivity contribution in [2.24, 2.45) is 11.8 Å². The molecule has 1 heterocycles. The van der Waals surface area contributed by atoms with E-state index in [9.17, 15) is 24.0 Å². The third kappa shape index (κ3) is 7.14. The van der Waals surface area contributed by atoms with Gasteiger partial charge in [-0.15, -0.1) is 0 Å². The molecule has 0 radical (unpaired) electrons. The first-order chi connectivity index (χ1) is 17.1. The molecule has 1 atom stereocenters. The second kappa shape index (κ2) is 12.0. The molecule has 1 fully saturated rings. The van der Waals surface area contributed by atoms with E-state index in [1.807, 2.05) is 13.8 Å². The van der Waals surface area contributed by atoms with Crippen molar-refractivity contribution in [3.8, 4) is 0 Å². The van der Waals surface area contributed by atoms with Gasteiger partial charge in [0.2, 0.25) is 5.91 Å². The van der Waals surface area contributed by atoms with Crippen LogP contribution >= 0.6 is 0 Å². The first kappa shape index (κ1) is 26.4. The Morgan fingerprint density at radius 3 is 2.39 bits per heavy atom. The molecule has 10 nitrogen and oxygen atoms in total. The molecule has 0 aliphatic carbocycles. The number of rotatable bonds is 9. The predicted molar refractivity (Wildman–Crippen MR) is 130 cm³/mol. The molecule has 0 spiro atoms. The fraction of sp³-hybridized carbons (Fsp3) is 0.346. The predicted octanol–water partition coefficient (Wildman–Crippen LogP) is 2.48. The molecule has 3 amide bonds. The van der Waals surface area contributed by atoms with Crippen molar-refractivity contribution in [2.75, 3.05) is 25.1 Å². The van der Waals surface area contributed by atoms with Crippen LogP contribution < -0.4 is 10.7 Å². The SMILES string of the molecule is Cc1ccccc1C(=O)NN1C[C@@H](C(=O)OCC(=O)Nc2ccc(C(=O)OCC(C)C)cc2)CC1=O. The summed E-state index contributed by atoms with van der Waals surface area (Å²) >= 11 is 0. The number of hydrazine groups is 1. The lowest BCUT2D eigenvalue weighted by atomic mass is 10.1. The molecule has 2 aromatic rings. The van der Waals surface area contributed by atoms with Gasteiger partial charge in [0, 0.05) is 17.7 Å². The number of benzene rings is 2. The van der Waals surface area contributed by atoms with Crippen LogP contribution in [0.25, 0.3) is 0 Å². The zero-order valence-corrected chi connectivity index (χ0v) is 20.4. The number of carbonyl (C=O) groups excluding carboxylic acids is 5. The number of carbonyl (C=O) groups is 5. The number of nitrogens with zero attached hydrogens (tertiary/aromatic N) is 1. The Labute approximate surface area is 208 Å². The van der Waals surface area contributed by atoms with Crippen LogP contribution in [-0.4, -0.2) is 54.4 Å². The highest BCUT2D eigenvalue weighted by molar-refractivity contribution is 5.98. The first-order valence-corrected chi connectivity index (χ1v) is 11.5. The van der Waals surface area contributed by atoms with Gasteiger partial charge in [-0.1, -0.05) is 32.0 Å². The molecular formula is C26H29N3O7. The van der Waals surface area contributed by atoms with E-state index in [1.165, 1.54) is 24.3 Å². The van der Waals surface area contributed by atoms with Crippen LogP contribution in [0.2, 0.25) is 0 Å². The third-order valence-corrected chi connectivity index (χ3v) is 5.38. The molecule has 0 unspecified atom stereocenters. The van der Waals surface area contributed by atoms with Crippen molar-refractivity contribution in [1.82, 2.24) is 10.4 Å². The zero-order chi connectivity index (χ0) is 26.2. The molecule has 1 aliphatic heterocycles. The fourth-order valence-electron chi connectivity index (χ4n) is 3.45. The van der Waals surface area contributed by atoms with E-state index in [2.05, 4.69) is 10.7 Å². The molecule has 2 N–H and O–H groups in total. The van der Waals surface area contributed by atoms with Crippen molar-refractivity contribution in [3.63, 3.8) is 0 Å². The summed E-state index contributed by atoms with van der Waals surface area (Å²) in [4.78, 5) is 61.2. The largest absolute Gasteiger partial charge is 0.462 e. The Bertz CT molecular complexity index is 1140. The molecule has 10 heteroatoms. The van der Waals surface area contributed by atoms with Gasteiger partial charge >= 0.3 is 11.9 Å². The van der Waals surface area contributed by atoms with E-state index in [4.69, 9.17) is 9.47 Å². The number of aryl methyl sites for hydroxylation is 1. The monoisotopic (exact) mass is 495 g/mol. The minimum absolute atomic E-state index is 0.0503. The maximum Gasteiger partial charge on any atom is 0.338 e. The summed E-state index contributed by atoms with van der Waals surface area (Å²) in [6.07, 6.45) is -0.136. The van der Waals surface area contributed by atoms with E-state index in [1.54, 1.807) is 31.2 Å². The molecule has 0 saturated carbocycles. The minimum Gasteiger partial charge on any atom is -0.462 e. The molecule has 0 aromatic heterocycles. The highest BCUT2D eigenvalue weighted by atomic mass is 16.5. The lowest BCUT2D eigenvalue weighted by molar-refractivity contribution is -0.151. The molecular weight excluding hydrogens is 466 g/mol. The number of amides is 3. The highest BCUT2D eigenvalue weighted by Gasteiger charge is 2.36. The van der Waals surface area contributed by atoms with E-state index < -0.39 is 42.2 Å². The van der Waals surface area contributed by atoms with Gasteiger partial charge in [0.05, 0.1) is 24.6 Å². The van der Waals surface area contributed by atoms with Crippen LogP contribution in [0, 0.1) is 18.8 Å². The summed E-state index contributed by atoms with van der Waals surface area (Å²) in [6, 6.07) is 13.1. The van der Waals surface area contributed by atoms with E-state index in [0.717, 1.165) is 10.6 Å². The summed E-state index contributed by atoms with van der Waals surface area (Å²) in [5, 5.41) is 3.66. The maximum absolute atomic E-state index is 12.5. The Morgan fingerprint density at radius 1 is 1.03 bits per heavy atom. The average molecular weight is 496 g/mol. The van der Waals surface area contributed by atoms with Crippen LogP contribution in [0.5, 0.6) is 0 Å². The fourth-order valence-corrected chi connectivity index (χ4v) is 3.45. The Morgan fingerprint density at radius 2 is 1.72 bits per heavy atom. The molecule has 0 bridgehead atoms. The van der Waals surface area contributed by atoms with E-state index in [0.29, 0.717) is 23.4 Å². The second-order valence-electron chi connectivity index (χ2n) is 8.89. The molecule has 190 valence electrons. The number of esters is 2. The van der Waals surface area contributed by atoms with Crippen molar-refractivity contribution < 1.29 is 33.4 Å². The summed E-state index contributed by atoms with van der Waals surface area (Å²) < 4.78 is 10.2. The van der Waals surface area contributed by atoms with Crippen LogP contribution in [0.3, 0.4) is 0 Å². The number of nitrogens with one attached hydrogen (secondary N) is 2. The quantitative estimate of drug-likeness (QED) is 0.511. The smallest absolute Gasteiger partial charge is 0.338 e. The first-order valence-electron chi connectivity index (χ1n) is 11.5. The van der Waals surface area contributed by atoms with Crippen molar-refractivity contribution in [2.45, 2.75) is 27.2 Å². The van der Waals surface area contributed by atoms with Crippen LogP contribution in [0.1, 0.15) is 46.5 Å². The van der Waals surface area contributed by atoms with Gasteiger partial charge in [-0.2, -0.15) is 0 Å². The van der Waals surface area contributed by atoms with Gasteiger partial charge in [0.1, 0.15) is 0 Å². The number of hydrogen-bond acceptors (Lipinski definition) is 7. The summed E-state index contributed by atoms with van der Waals surface area (Å²) in [5.41, 5.74) is 4.46. The van der Waals surface area contributed by atoms with E-state index in [-0.39, 0.29) is 18.9 Å². The molecule has 3 rings (SSSR count). The summed E-state index contributed by atoms with van der Waals surface area (Å²) in [7, 11) is 0. The number of anilines is 1. The lowest BCUT2D eigenvalue weighted by Crippen LogP contribution is -2.43. The number of hydrogen-bond donors (Lipinski definition) is 2. The van der Waals surface area contributed by atoms with Crippen LogP contribution in [0.4, 0.5) is 5.69 Å². The van der Waals surface area contributed by atoms with Crippen molar-refractivity contribution >= 4 is 35.3 Å². The van der Waals surface area contributed by atoms with Gasteiger partial charge < -0.3 is 14.8 Å². The van der Waals surface area contributed by atoms with Crippen LogP contribution in [0.15, 0.2) is 48.5 Å². The lowest BCUT2D eigenvalue weighted by Gasteiger charge is -2.18. The van der Waals surface area contributed by atoms with Gasteiger partial charge in [0.25, 0.3) is 11.8 Å². The molecule has 1 aliphatic rings.